The normalized spacial score (nSPS) is 11.5. The maximum atomic E-state index is 13.4. The van der Waals surface area contributed by atoms with Crippen LogP contribution in [-0.4, -0.2) is 61.1 Å². The smallest absolute Gasteiger partial charge is 0.480 e. The van der Waals surface area contributed by atoms with Gasteiger partial charge in [0.1, 0.15) is 29.9 Å². The molecule has 0 aliphatic rings. The molecule has 2 aromatic heterocycles. The third-order valence-corrected chi connectivity index (χ3v) is 9.98. The minimum absolute atomic E-state index is 0.0471. The number of aryl methyl sites for hydroxylation is 2. The van der Waals surface area contributed by atoms with Crippen LogP contribution in [0.25, 0.3) is 11.2 Å². The number of carbonyl (C=O) groups is 4. The van der Waals surface area contributed by atoms with Gasteiger partial charge in [0.15, 0.2) is 16.9 Å². The molecule has 59 heavy (non-hydrogen) atoms. The number of fused-ring (bicyclic) bond motifs is 1. The van der Waals surface area contributed by atoms with Gasteiger partial charge in [-0.3, -0.25) is 23.7 Å². The van der Waals surface area contributed by atoms with E-state index in [1.165, 1.54) is 18.3 Å². The van der Waals surface area contributed by atoms with Crippen LogP contribution in [0.4, 0.5) is 5.69 Å². The number of terminal acetylenes is 2. The molecule has 1 atom stereocenters. The first-order valence-electron chi connectivity index (χ1n) is 18.1. The van der Waals surface area contributed by atoms with Gasteiger partial charge in [-0.15, -0.1) is 0 Å². The van der Waals surface area contributed by atoms with Crippen LogP contribution in [0.15, 0.2) is 77.7 Å². The Morgan fingerprint density at radius 1 is 0.932 bits per heavy atom. The molecule has 0 saturated heterocycles. The third-order valence-electron chi connectivity index (χ3n) is 8.83. The Kier molecular flexibility index (Phi) is 14.5. The van der Waals surface area contributed by atoms with Crippen molar-refractivity contribution in [2.75, 3.05) is 11.9 Å². The summed E-state index contributed by atoms with van der Waals surface area (Å²) in [6.07, 6.45) is 14.9. The molecule has 16 nitrogen and oxygen atoms in total. The van der Waals surface area contributed by atoms with E-state index in [-0.39, 0.29) is 67.1 Å². The Labute approximate surface area is 338 Å². The van der Waals surface area contributed by atoms with Gasteiger partial charge in [0.2, 0.25) is 0 Å². The number of benzene rings is 3. The zero-order chi connectivity index (χ0) is 42.5. The van der Waals surface area contributed by atoms with Crippen molar-refractivity contribution in [2.45, 2.75) is 58.5 Å². The first-order chi connectivity index (χ1) is 28.2. The lowest BCUT2D eigenvalue weighted by Gasteiger charge is -2.15. The number of hydrogen-bond donors (Lipinski definition) is 4. The number of aromatic nitrogens is 4. The van der Waals surface area contributed by atoms with Gasteiger partial charge >= 0.3 is 13.8 Å². The topological polar surface area (TPSA) is 229 Å². The highest BCUT2D eigenvalue weighted by Gasteiger charge is 2.28. The fourth-order valence-corrected chi connectivity index (χ4v) is 6.62. The highest BCUT2D eigenvalue weighted by molar-refractivity contribution is 7.48. The maximum Gasteiger partial charge on any atom is 0.604 e. The average Bonchev–Trinajstić information content (AvgIpc) is 3.19. The molecule has 0 unspecified atom stereocenters. The van der Waals surface area contributed by atoms with E-state index in [0.717, 1.165) is 11.1 Å². The molecule has 17 heteroatoms. The molecule has 5 aromatic rings. The molecular formula is C42H39N6O10P. The molecule has 1 amide bonds. The Bertz CT molecular complexity index is 2540. The van der Waals surface area contributed by atoms with Crippen molar-refractivity contribution in [1.29, 1.82) is 0 Å². The molecular weight excluding hydrogens is 779 g/mol. The second kappa shape index (κ2) is 19.8. The minimum Gasteiger partial charge on any atom is -0.480 e. The Hall–Kier alpha value is -7.13. The Balaban J connectivity index is 1.12. The van der Waals surface area contributed by atoms with Crippen LogP contribution in [0.5, 0.6) is 0 Å². The third kappa shape index (κ3) is 12.2. The van der Waals surface area contributed by atoms with Crippen LogP contribution < -0.4 is 16.2 Å². The number of Topliss-reactive ketones (excluding diaryl/α,β-unsaturated/α-hetero) is 2. The van der Waals surface area contributed by atoms with Gasteiger partial charge in [-0.1, -0.05) is 60.9 Å². The van der Waals surface area contributed by atoms with Crippen molar-refractivity contribution in [3.63, 3.8) is 0 Å². The van der Waals surface area contributed by atoms with E-state index in [9.17, 15) is 33.6 Å². The fourth-order valence-electron chi connectivity index (χ4n) is 5.91. The monoisotopic (exact) mass is 818 g/mol. The van der Waals surface area contributed by atoms with Crippen LogP contribution in [0.3, 0.4) is 0 Å². The molecule has 0 aliphatic carbocycles. The number of aliphatic carboxylic acids is 1. The lowest BCUT2D eigenvalue weighted by molar-refractivity contribution is -0.139. The number of H-pyrrole nitrogens is 1. The molecule has 0 spiro atoms. The number of nitrogens with one attached hydrogen (secondary N) is 3. The standard InChI is InChI=1S/C42H39N6O10P/c1-5-56-59(55,57-6-2)58-20-19-28-8-10-29(11-9-28)22-37(50)35-17-7-26(3)21-31(35)23-34(49)16-18-36(42(53)54)48-40(51)30-12-14-32(15-13-30)43-24-33-25-44-39-38(47-33)41(52)46-27(4)45-39/h1-2,7-15,17,21,25,36,43H,16,18-20,22-24H2,3-4H3,(H,48,51)(H,53,54)(H,44,45,46,52)/t36-/m0/s1. The van der Waals surface area contributed by atoms with E-state index in [0.29, 0.717) is 40.3 Å². The first kappa shape index (κ1) is 43.0. The van der Waals surface area contributed by atoms with Gasteiger partial charge in [0.05, 0.1) is 25.0 Å². The van der Waals surface area contributed by atoms with Crippen molar-refractivity contribution in [3.05, 3.63) is 128 Å². The lowest BCUT2D eigenvalue weighted by Crippen LogP contribution is -2.41. The van der Waals surface area contributed by atoms with Crippen molar-refractivity contribution >= 4 is 48.1 Å². The van der Waals surface area contributed by atoms with Crippen LogP contribution in [0.1, 0.15) is 67.3 Å². The van der Waals surface area contributed by atoms with E-state index in [1.54, 1.807) is 73.7 Å². The van der Waals surface area contributed by atoms with E-state index < -0.39 is 31.3 Å². The van der Waals surface area contributed by atoms with Gasteiger partial charge in [0, 0.05) is 36.1 Å². The molecule has 5 rings (SSSR count). The predicted molar refractivity (Wildman–Crippen MR) is 216 cm³/mol. The van der Waals surface area contributed by atoms with Gasteiger partial charge in [-0.05, 0) is 67.6 Å². The van der Waals surface area contributed by atoms with Gasteiger partial charge in [0.25, 0.3) is 11.5 Å². The molecule has 302 valence electrons. The zero-order valence-corrected chi connectivity index (χ0v) is 32.9. The summed E-state index contributed by atoms with van der Waals surface area (Å²) in [5.74, 6) is -2.03. The Morgan fingerprint density at radius 3 is 2.31 bits per heavy atom. The molecule has 0 bridgehead atoms. The summed E-state index contributed by atoms with van der Waals surface area (Å²) in [4.78, 5) is 79.2. The summed E-state index contributed by atoms with van der Waals surface area (Å²) in [5.41, 5.74) is 4.52. The summed E-state index contributed by atoms with van der Waals surface area (Å²) in [6.45, 7) is 3.64. The van der Waals surface area contributed by atoms with Gasteiger partial charge < -0.3 is 29.8 Å². The van der Waals surface area contributed by atoms with Crippen LogP contribution >= 0.6 is 7.82 Å². The van der Waals surface area contributed by atoms with Crippen molar-refractivity contribution in [3.8, 4) is 25.1 Å². The fraction of sp³-hybridized carbons (Fsp3) is 0.238. The predicted octanol–water partition coefficient (Wildman–Crippen LogP) is 5.02. The number of hydrogen-bond acceptors (Lipinski definition) is 13. The number of amides is 1. The van der Waals surface area contributed by atoms with Gasteiger partial charge in [-0.25, -0.2) is 24.3 Å². The van der Waals surface area contributed by atoms with Crippen LogP contribution in [0.2, 0.25) is 0 Å². The summed E-state index contributed by atoms with van der Waals surface area (Å²) in [6, 6.07) is 17.2. The molecule has 0 saturated carbocycles. The average molecular weight is 819 g/mol. The highest BCUT2D eigenvalue weighted by atomic mass is 31.2. The minimum atomic E-state index is -4.08. The zero-order valence-electron chi connectivity index (χ0n) is 32.0. The summed E-state index contributed by atoms with van der Waals surface area (Å²) >= 11 is 0. The summed E-state index contributed by atoms with van der Waals surface area (Å²) in [7, 11) is -4.08. The van der Waals surface area contributed by atoms with Crippen LogP contribution in [-0.2, 0) is 53.5 Å². The van der Waals surface area contributed by atoms with Crippen molar-refractivity contribution < 1.29 is 42.4 Å². The van der Waals surface area contributed by atoms with E-state index in [4.69, 9.17) is 17.4 Å². The second-order valence-electron chi connectivity index (χ2n) is 13.3. The number of nitrogens with zero attached hydrogens (tertiary/aromatic N) is 3. The lowest BCUT2D eigenvalue weighted by atomic mass is 9.92. The molecule has 3 aromatic carbocycles. The highest BCUT2D eigenvalue weighted by Crippen LogP contribution is 2.48. The number of carboxylic acid groups (broad SMARTS) is 1. The van der Waals surface area contributed by atoms with Crippen molar-refractivity contribution in [1.82, 2.24) is 25.3 Å². The largest absolute Gasteiger partial charge is 0.604 e. The maximum absolute atomic E-state index is 13.4. The number of ketones is 2. The van der Waals surface area contributed by atoms with Crippen LogP contribution in [0, 0.1) is 38.9 Å². The van der Waals surface area contributed by atoms with Gasteiger partial charge in [-0.2, -0.15) is 0 Å². The molecule has 0 aliphatic heterocycles. The molecule has 0 radical (unpaired) electrons. The molecule has 4 N–H and O–H groups in total. The SMILES string of the molecule is C#COP(=O)(OC#C)OCCc1ccc(CC(=O)c2ccc(C)cc2CC(=O)CC[C@H](NC(=O)c2ccc(NCc3cnc4nc(C)[nH]c(=O)c4n3)cc2)C(=O)O)cc1. The summed E-state index contributed by atoms with van der Waals surface area (Å²) < 4.78 is 26.4. The number of phosphoric acid groups is 1. The van der Waals surface area contributed by atoms with E-state index >= 15 is 0 Å². The summed E-state index contributed by atoms with van der Waals surface area (Å²) in [5, 5.41) is 15.5. The second-order valence-corrected chi connectivity index (χ2v) is 14.8. The first-order valence-corrected chi connectivity index (χ1v) is 19.6. The van der Waals surface area contributed by atoms with Crippen molar-refractivity contribution in [2.24, 2.45) is 0 Å². The number of anilines is 1. The number of rotatable bonds is 20. The number of carbonyl (C=O) groups excluding carboxylic acids is 3. The Morgan fingerprint density at radius 2 is 1.63 bits per heavy atom. The van der Waals surface area contributed by atoms with E-state index in [1.807, 2.05) is 6.92 Å². The number of phosphoric ester groups is 1. The molecule has 2 heterocycles. The molecule has 0 fully saturated rings. The van der Waals surface area contributed by atoms with E-state index in [2.05, 4.69) is 39.6 Å². The number of carboxylic acids is 1. The number of aromatic amines is 1. The quantitative estimate of drug-likeness (QED) is 0.0459.